The van der Waals surface area contributed by atoms with E-state index in [2.05, 4.69) is 24.1 Å². The molecule has 0 spiro atoms. The average Bonchev–Trinajstić information content (AvgIpc) is 2.50. The highest BCUT2D eigenvalue weighted by Crippen LogP contribution is 2.21. The van der Waals surface area contributed by atoms with E-state index in [0.29, 0.717) is 12.1 Å². The fourth-order valence-corrected chi connectivity index (χ4v) is 2.24. The van der Waals surface area contributed by atoms with Crippen molar-refractivity contribution < 1.29 is 13.9 Å². The zero-order valence-corrected chi connectivity index (χ0v) is 13.4. The van der Waals surface area contributed by atoms with Gasteiger partial charge in [0.25, 0.3) is 0 Å². The summed E-state index contributed by atoms with van der Waals surface area (Å²) in [6.45, 7) is 7.50. The van der Waals surface area contributed by atoms with Crippen molar-refractivity contribution in [2.24, 2.45) is 0 Å². The second kappa shape index (κ2) is 8.97. The molecule has 0 saturated heterocycles. The lowest BCUT2D eigenvalue weighted by molar-refractivity contribution is -0.143. The standard InChI is InChI=1S/C15H22ClFN2O2/c1-4-19(5-2)9-8-18-14(15(20)21-3)11-6-7-13(17)12(16)10-11/h6-7,10,14,18H,4-5,8-9H2,1-3H3. The molecule has 1 aromatic rings. The smallest absolute Gasteiger partial charge is 0.327 e. The summed E-state index contributed by atoms with van der Waals surface area (Å²) < 4.78 is 18.0. The molecule has 1 atom stereocenters. The maximum atomic E-state index is 13.2. The van der Waals surface area contributed by atoms with Crippen molar-refractivity contribution in [1.82, 2.24) is 10.2 Å². The Hall–Kier alpha value is -1.17. The molecule has 0 aromatic heterocycles. The van der Waals surface area contributed by atoms with Crippen LogP contribution < -0.4 is 5.32 Å². The Kier molecular flexibility index (Phi) is 7.64. The number of rotatable bonds is 8. The molecule has 0 aliphatic heterocycles. The Labute approximate surface area is 130 Å². The predicted octanol–water partition coefficient (Wildman–Crippen LogP) is 2.62. The first kappa shape index (κ1) is 17.9. The van der Waals surface area contributed by atoms with Crippen LogP contribution in [0.1, 0.15) is 25.5 Å². The Morgan fingerprint density at radius 2 is 2.10 bits per heavy atom. The summed E-state index contributed by atoms with van der Waals surface area (Å²) >= 11 is 5.77. The molecule has 6 heteroatoms. The van der Waals surface area contributed by atoms with E-state index in [9.17, 15) is 9.18 Å². The molecule has 4 nitrogen and oxygen atoms in total. The minimum Gasteiger partial charge on any atom is -0.468 e. The number of carbonyl (C=O) groups excluding carboxylic acids is 1. The molecule has 1 unspecified atom stereocenters. The molecule has 0 bridgehead atoms. The lowest BCUT2D eigenvalue weighted by Gasteiger charge is -2.21. The van der Waals surface area contributed by atoms with Gasteiger partial charge in [-0.1, -0.05) is 31.5 Å². The van der Waals surface area contributed by atoms with Gasteiger partial charge in [-0.15, -0.1) is 0 Å². The highest BCUT2D eigenvalue weighted by molar-refractivity contribution is 6.30. The van der Waals surface area contributed by atoms with E-state index in [1.807, 2.05) is 0 Å². The van der Waals surface area contributed by atoms with Crippen molar-refractivity contribution in [3.05, 3.63) is 34.6 Å². The van der Waals surface area contributed by atoms with Crippen LogP contribution in [0.15, 0.2) is 18.2 Å². The first-order valence-electron chi connectivity index (χ1n) is 7.01. The third-order valence-corrected chi connectivity index (χ3v) is 3.67. The first-order valence-corrected chi connectivity index (χ1v) is 7.39. The third kappa shape index (κ3) is 5.26. The van der Waals surface area contributed by atoms with E-state index in [1.165, 1.54) is 25.3 Å². The molecular weight excluding hydrogens is 295 g/mol. The predicted molar refractivity (Wildman–Crippen MR) is 82.0 cm³/mol. The highest BCUT2D eigenvalue weighted by Gasteiger charge is 2.21. The highest BCUT2D eigenvalue weighted by atomic mass is 35.5. The molecular formula is C15H22ClFN2O2. The summed E-state index contributed by atoms with van der Waals surface area (Å²) in [6.07, 6.45) is 0. The SMILES string of the molecule is CCN(CC)CCNC(C(=O)OC)c1ccc(F)c(Cl)c1. The minimum atomic E-state index is -0.649. The molecule has 0 aliphatic rings. The van der Waals surface area contributed by atoms with Gasteiger partial charge in [0.2, 0.25) is 0 Å². The van der Waals surface area contributed by atoms with Gasteiger partial charge in [0, 0.05) is 13.1 Å². The third-order valence-electron chi connectivity index (χ3n) is 3.38. The Bertz CT molecular complexity index is 467. The fraction of sp³-hybridized carbons (Fsp3) is 0.533. The van der Waals surface area contributed by atoms with Gasteiger partial charge in [-0.2, -0.15) is 0 Å². The average molecular weight is 317 g/mol. The van der Waals surface area contributed by atoms with E-state index in [4.69, 9.17) is 16.3 Å². The van der Waals surface area contributed by atoms with Gasteiger partial charge in [-0.3, -0.25) is 5.32 Å². The maximum absolute atomic E-state index is 13.2. The molecule has 0 amide bonds. The van der Waals surface area contributed by atoms with Gasteiger partial charge in [-0.25, -0.2) is 9.18 Å². The Morgan fingerprint density at radius 3 is 2.62 bits per heavy atom. The zero-order valence-electron chi connectivity index (χ0n) is 12.7. The Morgan fingerprint density at radius 1 is 1.43 bits per heavy atom. The molecule has 1 rings (SSSR count). The van der Waals surface area contributed by atoms with Gasteiger partial charge < -0.3 is 9.64 Å². The number of esters is 1. The first-order chi connectivity index (χ1) is 10.0. The van der Waals surface area contributed by atoms with Crippen LogP contribution in [0.2, 0.25) is 5.02 Å². The Balaban J connectivity index is 2.76. The number of carbonyl (C=O) groups is 1. The summed E-state index contributed by atoms with van der Waals surface area (Å²) in [5, 5.41) is 3.13. The summed E-state index contributed by atoms with van der Waals surface area (Å²) in [5.41, 5.74) is 0.591. The quantitative estimate of drug-likeness (QED) is 0.749. The van der Waals surface area contributed by atoms with Crippen molar-refractivity contribution in [2.75, 3.05) is 33.3 Å². The maximum Gasteiger partial charge on any atom is 0.327 e. The molecule has 0 aliphatic carbocycles. The molecule has 0 saturated carbocycles. The van der Waals surface area contributed by atoms with Crippen LogP contribution in [0.25, 0.3) is 0 Å². The van der Waals surface area contributed by atoms with Crippen molar-refractivity contribution in [1.29, 1.82) is 0 Å². The van der Waals surface area contributed by atoms with Crippen molar-refractivity contribution in [3.63, 3.8) is 0 Å². The van der Waals surface area contributed by atoms with E-state index >= 15 is 0 Å². The molecule has 0 fully saturated rings. The van der Waals surface area contributed by atoms with Crippen LogP contribution in [0.4, 0.5) is 4.39 Å². The summed E-state index contributed by atoms with van der Waals surface area (Å²) in [6, 6.07) is 3.58. The van der Waals surface area contributed by atoms with Crippen LogP contribution >= 0.6 is 11.6 Å². The van der Waals surface area contributed by atoms with Gasteiger partial charge >= 0.3 is 5.97 Å². The van der Waals surface area contributed by atoms with Crippen LogP contribution in [-0.2, 0) is 9.53 Å². The minimum absolute atomic E-state index is 0.00746. The lowest BCUT2D eigenvalue weighted by Crippen LogP contribution is -2.36. The number of hydrogen-bond donors (Lipinski definition) is 1. The number of ether oxygens (including phenoxy) is 1. The number of methoxy groups -OCH3 is 1. The van der Waals surface area contributed by atoms with Crippen LogP contribution in [0.5, 0.6) is 0 Å². The largest absolute Gasteiger partial charge is 0.468 e. The monoisotopic (exact) mass is 316 g/mol. The molecule has 0 radical (unpaired) electrons. The normalized spacial score (nSPS) is 12.5. The summed E-state index contributed by atoms with van der Waals surface area (Å²) in [7, 11) is 1.33. The van der Waals surface area contributed by atoms with Crippen LogP contribution in [0, 0.1) is 5.82 Å². The van der Waals surface area contributed by atoms with Gasteiger partial charge in [0.1, 0.15) is 11.9 Å². The van der Waals surface area contributed by atoms with E-state index in [-0.39, 0.29) is 5.02 Å². The summed E-state index contributed by atoms with van der Waals surface area (Å²) in [4.78, 5) is 14.1. The number of hydrogen-bond acceptors (Lipinski definition) is 4. The van der Waals surface area contributed by atoms with Crippen LogP contribution in [0.3, 0.4) is 0 Å². The van der Waals surface area contributed by atoms with Gasteiger partial charge in [0.15, 0.2) is 0 Å². The number of halogens is 2. The van der Waals surface area contributed by atoms with E-state index in [0.717, 1.165) is 19.6 Å². The summed E-state index contributed by atoms with van der Waals surface area (Å²) in [5.74, 6) is -0.926. The molecule has 21 heavy (non-hydrogen) atoms. The molecule has 0 heterocycles. The van der Waals surface area contributed by atoms with E-state index < -0.39 is 17.8 Å². The van der Waals surface area contributed by atoms with Crippen molar-refractivity contribution in [2.45, 2.75) is 19.9 Å². The molecule has 1 aromatic carbocycles. The lowest BCUT2D eigenvalue weighted by atomic mass is 10.1. The number of likely N-dealkylation sites (N-methyl/N-ethyl adjacent to an activating group) is 1. The topological polar surface area (TPSA) is 41.6 Å². The van der Waals surface area contributed by atoms with E-state index in [1.54, 1.807) is 0 Å². The van der Waals surface area contributed by atoms with Gasteiger partial charge in [0.05, 0.1) is 12.1 Å². The van der Waals surface area contributed by atoms with Crippen molar-refractivity contribution in [3.8, 4) is 0 Å². The second-order valence-corrected chi connectivity index (χ2v) is 5.02. The fourth-order valence-electron chi connectivity index (χ4n) is 2.05. The number of benzene rings is 1. The van der Waals surface area contributed by atoms with Crippen LogP contribution in [-0.4, -0.2) is 44.2 Å². The van der Waals surface area contributed by atoms with Gasteiger partial charge in [-0.05, 0) is 30.8 Å². The molecule has 1 N–H and O–H groups in total. The number of nitrogens with zero attached hydrogens (tertiary/aromatic N) is 1. The number of nitrogens with one attached hydrogen (secondary N) is 1. The second-order valence-electron chi connectivity index (χ2n) is 4.61. The van der Waals surface area contributed by atoms with Crippen molar-refractivity contribution >= 4 is 17.6 Å². The zero-order chi connectivity index (χ0) is 15.8. The molecule has 118 valence electrons.